The molecule has 0 radical (unpaired) electrons. The number of amides is 1. The van der Waals surface area contributed by atoms with Crippen LogP contribution in [-0.2, 0) is 4.79 Å². The summed E-state index contributed by atoms with van der Waals surface area (Å²) >= 11 is 8.29. The Morgan fingerprint density at radius 2 is 2.27 bits per heavy atom. The van der Waals surface area contributed by atoms with E-state index in [0.29, 0.717) is 9.47 Å². The molecule has 1 aromatic heterocycles. The minimum absolute atomic E-state index is 0.156. The smallest absolute Gasteiger partial charge is 0.271 e. The van der Waals surface area contributed by atoms with E-state index in [9.17, 15) is 14.9 Å². The predicted octanol–water partition coefficient (Wildman–Crippen LogP) is 2.80. The molecule has 116 valence electrons. The zero-order chi connectivity index (χ0) is 16.3. The van der Waals surface area contributed by atoms with Crippen LogP contribution in [0.4, 0.5) is 16.5 Å². The number of carbonyl (C=O) groups excluding carboxylic acids is 1. The highest BCUT2D eigenvalue weighted by molar-refractivity contribution is 8.02. The first kappa shape index (κ1) is 16.5. The van der Waals surface area contributed by atoms with Gasteiger partial charge >= 0.3 is 0 Å². The van der Waals surface area contributed by atoms with E-state index in [1.54, 1.807) is 6.92 Å². The largest absolute Gasteiger partial charge is 0.374 e. The number of nitrogen functional groups attached to an aromatic ring is 1. The number of nitro benzene ring substituents is 1. The van der Waals surface area contributed by atoms with Gasteiger partial charge in [-0.25, -0.2) is 0 Å². The highest BCUT2D eigenvalue weighted by Gasteiger charge is 2.19. The SMILES string of the molecule is C[C@H](Sc1nnc(N)s1)C(=O)Nc1cc([N+](=O)[O-])ccc1Cl. The molecule has 0 fully saturated rings. The Bertz CT molecular complexity index is 724. The molecule has 22 heavy (non-hydrogen) atoms. The van der Waals surface area contributed by atoms with Crippen LogP contribution < -0.4 is 11.1 Å². The number of nitrogens with zero attached hydrogens (tertiary/aromatic N) is 3. The van der Waals surface area contributed by atoms with E-state index in [4.69, 9.17) is 17.3 Å². The molecule has 0 saturated carbocycles. The third-order valence-electron chi connectivity index (χ3n) is 2.49. The number of aromatic nitrogens is 2. The molecule has 1 heterocycles. The van der Waals surface area contributed by atoms with Gasteiger partial charge in [0.25, 0.3) is 5.69 Å². The molecule has 0 aliphatic heterocycles. The number of benzene rings is 1. The van der Waals surface area contributed by atoms with Crippen LogP contribution in [0.25, 0.3) is 0 Å². The molecule has 0 aliphatic rings. The molecule has 0 aliphatic carbocycles. The number of nitrogens with two attached hydrogens (primary N) is 1. The summed E-state index contributed by atoms with van der Waals surface area (Å²) < 4.78 is 0.560. The van der Waals surface area contributed by atoms with Crippen molar-refractivity contribution in [3.8, 4) is 0 Å². The number of carbonyl (C=O) groups is 1. The van der Waals surface area contributed by atoms with Gasteiger partial charge in [0.05, 0.1) is 20.9 Å². The number of anilines is 2. The molecule has 3 N–H and O–H groups in total. The molecule has 0 saturated heterocycles. The maximum Gasteiger partial charge on any atom is 0.271 e. The zero-order valence-electron chi connectivity index (χ0n) is 11.1. The van der Waals surface area contributed by atoms with Crippen LogP contribution in [0, 0.1) is 10.1 Å². The van der Waals surface area contributed by atoms with E-state index in [-0.39, 0.29) is 22.3 Å². The Kier molecular flexibility index (Phi) is 5.16. The summed E-state index contributed by atoms with van der Waals surface area (Å²) in [7, 11) is 0. The number of non-ortho nitro benzene ring substituents is 1. The van der Waals surface area contributed by atoms with E-state index < -0.39 is 10.2 Å². The maximum absolute atomic E-state index is 12.1. The fraction of sp³-hybridized carbons (Fsp3) is 0.182. The van der Waals surface area contributed by atoms with E-state index in [2.05, 4.69) is 15.5 Å². The molecule has 1 aromatic carbocycles. The number of thioether (sulfide) groups is 1. The molecule has 2 aromatic rings. The molecule has 0 bridgehead atoms. The second-order valence-electron chi connectivity index (χ2n) is 4.08. The van der Waals surface area contributed by atoms with Crippen LogP contribution in [0.5, 0.6) is 0 Å². The Balaban J connectivity index is 2.07. The molecule has 0 unspecified atom stereocenters. The zero-order valence-corrected chi connectivity index (χ0v) is 13.5. The molecular weight excluding hydrogens is 350 g/mol. The third-order valence-corrected chi connectivity index (χ3v) is 4.75. The normalized spacial score (nSPS) is 11.9. The summed E-state index contributed by atoms with van der Waals surface area (Å²) in [5.74, 6) is -0.360. The predicted molar refractivity (Wildman–Crippen MR) is 86.4 cm³/mol. The summed E-state index contributed by atoms with van der Waals surface area (Å²) in [4.78, 5) is 22.3. The number of halogens is 1. The number of hydrogen-bond acceptors (Lipinski definition) is 8. The number of nitrogens with one attached hydrogen (secondary N) is 1. The number of nitro groups is 1. The fourth-order valence-electron chi connectivity index (χ4n) is 1.43. The van der Waals surface area contributed by atoms with Crippen molar-refractivity contribution in [2.24, 2.45) is 0 Å². The van der Waals surface area contributed by atoms with Gasteiger partial charge in [0.2, 0.25) is 11.0 Å². The van der Waals surface area contributed by atoms with Gasteiger partial charge < -0.3 is 11.1 Å². The lowest BCUT2D eigenvalue weighted by molar-refractivity contribution is -0.384. The first-order valence-corrected chi connectivity index (χ1v) is 7.94. The van der Waals surface area contributed by atoms with Gasteiger partial charge in [-0.15, -0.1) is 10.2 Å². The van der Waals surface area contributed by atoms with Crippen LogP contribution >= 0.6 is 34.7 Å². The lowest BCUT2D eigenvalue weighted by atomic mass is 10.2. The van der Waals surface area contributed by atoms with Crippen molar-refractivity contribution >= 4 is 57.1 Å². The Hall–Kier alpha value is -1.91. The first-order valence-electron chi connectivity index (χ1n) is 5.87. The number of hydrogen-bond donors (Lipinski definition) is 2. The monoisotopic (exact) mass is 359 g/mol. The van der Waals surface area contributed by atoms with Crippen molar-refractivity contribution in [2.75, 3.05) is 11.1 Å². The van der Waals surface area contributed by atoms with Crippen molar-refractivity contribution < 1.29 is 9.72 Å². The van der Waals surface area contributed by atoms with Crippen molar-refractivity contribution in [1.82, 2.24) is 10.2 Å². The van der Waals surface area contributed by atoms with Gasteiger partial charge in [0.15, 0.2) is 4.34 Å². The fourth-order valence-corrected chi connectivity index (χ4v) is 3.37. The lowest BCUT2D eigenvalue weighted by Gasteiger charge is -2.11. The van der Waals surface area contributed by atoms with Gasteiger partial charge in [0.1, 0.15) is 0 Å². The van der Waals surface area contributed by atoms with E-state index >= 15 is 0 Å². The average molecular weight is 360 g/mol. The lowest BCUT2D eigenvalue weighted by Crippen LogP contribution is -2.22. The first-order chi connectivity index (χ1) is 10.4. The van der Waals surface area contributed by atoms with Crippen molar-refractivity contribution in [2.45, 2.75) is 16.5 Å². The molecule has 11 heteroatoms. The standard InChI is InChI=1S/C11H10ClN5O3S2/c1-5(21-11-16-15-10(13)22-11)9(18)14-8-4-6(17(19)20)2-3-7(8)12/h2-5H,1H3,(H2,13,15)(H,14,18)/t5-/m0/s1. The molecule has 8 nitrogen and oxygen atoms in total. The van der Waals surface area contributed by atoms with Gasteiger partial charge in [-0.05, 0) is 13.0 Å². The van der Waals surface area contributed by atoms with Gasteiger partial charge in [-0.3, -0.25) is 14.9 Å². The van der Waals surface area contributed by atoms with Crippen molar-refractivity contribution in [3.63, 3.8) is 0 Å². The molecule has 2 rings (SSSR count). The Morgan fingerprint density at radius 1 is 1.55 bits per heavy atom. The van der Waals surface area contributed by atoms with E-state index in [0.717, 1.165) is 0 Å². The van der Waals surface area contributed by atoms with Gasteiger partial charge in [-0.2, -0.15) is 0 Å². The Morgan fingerprint density at radius 3 is 2.86 bits per heavy atom. The summed E-state index contributed by atoms with van der Waals surface area (Å²) in [6.07, 6.45) is 0. The summed E-state index contributed by atoms with van der Waals surface area (Å²) in [5.41, 5.74) is 5.50. The molecule has 0 spiro atoms. The minimum Gasteiger partial charge on any atom is -0.374 e. The van der Waals surface area contributed by atoms with Crippen LogP contribution in [0.1, 0.15) is 6.92 Å². The summed E-state index contributed by atoms with van der Waals surface area (Å²) in [6, 6.07) is 3.83. The Labute approximate surface area is 138 Å². The molecule has 1 amide bonds. The van der Waals surface area contributed by atoms with Crippen LogP contribution in [0.3, 0.4) is 0 Å². The average Bonchev–Trinajstić information content (AvgIpc) is 2.86. The van der Waals surface area contributed by atoms with Crippen LogP contribution in [0.15, 0.2) is 22.5 Å². The minimum atomic E-state index is -0.561. The maximum atomic E-state index is 12.1. The molecular formula is C11H10ClN5O3S2. The summed E-state index contributed by atoms with van der Waals surface area (Å²) in [6.45, 7) is 1.67. The van der Waals surface area contributed by atoms with E-state index in [1.807, 2.05) is 0 Å². The summed E-state index contributed by atoms with van der Waals surface area (Å²) in [5, 5.41) is 20.8. The van der Waals surface area contributed by atoms with Crippen molar-refractivity contribution in [3.05, 3.63) is 33.3 Å². The van der Waals surface area contributed by atoms with Crippen LogP contribution in [-0.4, -0.2) is 26.3 Å². The second kappa shape index (κ2) is 6.90. The highest BCUT2D eigenvalue weighted by atomic mass is 35.5. The molecule has 1 atom stereocenters. The number of rotatable bonds is 5. The van der Waals surface area contributed by atoms with E-state index in [1.165, 1.54) is 41.3 Å². The highest BCUT2D eigenvalue weighted by Crippen LogP contribution is 2.30. The topological polar surface area (TPSA) is 124 Å². The van der Waals surface area contributed by atoms with Gasteiger partial charge in [0, 0.05) is 12.1 Å². The van der Waals surface area contributed by atoms with Gasteiger partial charge in [-0.1, -0.05) is 34.7 Å². The second-order valence-corrected chi connectivity index (χ2v) is 7.08. The quantitative estimate of drug-likeness (QED) is 0.477. The van der Waals surface area contributed by atoms with Crippen LogP contribution in [0.2, 0.25) is 5.02 Å². The van der Waals surface area contributed by atoms with Crippen molar-refractivity contribution in [1.29, 1.82) is 0 Å². The third kappa shape index (κ3) is 4.06.